The highest BCUT2D eigenvalue weighted by Gasteiger charge is 2.36. The van der Waals surface area contributed by atoms with Gasteiger partial charge in [-0.3, -0.25) is 9.59 Å². The van der Waals surface area contributed by atoms with E-state index in [1.54, 1.807) is 7.11 Å². The second-order valence-corrected chi connectivity index (χ2v) is 6.46. The first-order valence-electron chi connectivity index (χ1n) is 8.44. The molecule has 2 N–H and O–H groups in total. The number of carbonyl (C=O) groups excluding carboxylic acids is 2. The Labute approximate surface area is 141 Å². The van der Waals surface area contributed by atoms with Gasteiger partial charge in [0, 0.05) is 19.1 Å². The number of rotatable bonds is 6. The summed E-state index contributed by atoms with van der Waals surface area (Å²) >= 11 is 0. The normalized spacial score (nSPS) is 19.4. The predicted molar refractivity (Wildman–Crippen MR) is 88.6 cm³/mol. The van der Waals surface area contributed by atoms with E-state index >= 15 is 0 Å². The van der Waals surface area contributed by atoms with Crippen LogP contribution in [0.15, 0.2) is 24.3 Å². The zero-order chi connectivity index (χ0) is 17.0. The average Bonchev–Trinajstić information content (AvgIpc) is 3.46. The maximum atomic E-state index is 12.4. The molecule has 2 aliphatic rings. The van der Waals surface area contributed by atoms with Crippen LogP contribution in [0.25, 0.3) is 0 Å². The van der Waals surface area contributed by atoms with Gasteiger partial charge in [0.25, 0.3) is 0 Å². The number of ether oxygens (including phenoxy) is 2. The van der Waals surface area contributed by atoms with Gasteiger partial charge in [-0.1, -0.05) is 12.1 Å². The van der Waals surface area contributed by atoms with Crippen LogP contribution in [-0.2, 0) is 19.9 Å². The Morgan fingerprint density at radius 1 is 1.21 bits per heavy atom. The van der Waals surface area contributed by atoms with Gasteiger partial charge in [0.15, 0.2) is 0 Å². The number of amides is 2. The molecular formula is C18H24N2O4. The third kappa shape index (κ3) is 3.87. The SMILES string of the molecule is COc1ccc(C2(NC(=O)CNC(=O)C3CC3)CCOCC2)cc1. The molecule has 1 saturated heterocycles. The topological polar surface area (TPSA) is 76.7 Å². The Bertz CT molecular complexity index is 590. The summed E-state index contributed by atoms with van der Waals surface area (Å²) in [4.78, 5) is 24.1. The monoisotopic (exact) mass is 332 g/mol. The Morgan fingerprint density at radius 3 is 2.46 bits per heavy atom. The van der Waals surface area contributed by atoms with Crippen molar-refractivity contribution < 1.29 is 19.1 Å². The molecule has 0 radical (unpaired) electrons. The molecule has 6 heteroatoms. The number of carbonyl (C=O) groups is 2. The molecule has 1 aromatic rings. The van der Waals surface area contributed by atoms with Crippen molar-refractivity contribution in [2.45, 2.75) is 31.2 Å². The van der Waals surface area contributed by atoms with Gasteiger partial charge in [-0.25, -0.2) is 0 Å². The Balaban J connectivity index is 1.67. The lowest BCUT2D eigenvalue weighted by Gasteiger charge is -2.38. The zero-order valence-corrected chi connectivity index (χ0v) is 14.0. The van der Waals surface area contributed by atoms with E-state index in [0.717, 1.165) is 24.2 Å². The van der Waals surface area contributed by atoms with Crippen LogP contribution in [0.5, 0.6) is 5.75 Å². The second kappa shape index (κ2) is 7.21. The minimum absolute atomic E-state index is 0.0179. The van der Waals surface area contributed by atoms with Gasteiger partial charge in [0.05, 0.1) is 19.2 Å². The molecule has 2 fully saturated rings. The maximum absolute atomic E-state index is 12.4. The Hall–Kier alpha value is -2.08. The molecule has 0 aromatic heterocycles. The van der Waals surface area contributed by atoms with Crippen LogP contribution in [-0.4, -0.2) is 38.7 Å². The summed E-state index contributed by atoms with van der Waals surface area (Å²) in [7, 11) is 1.63. The van der Waals surface area contributed by atoms with Gasteiger partial charge >= 0.3 is 0 Å². The number of benzene rings is 1. The predicted octanol–water partition coefficient (Wildman–Crippen LogP) is 1.34. The highest BCUT2D eigenvalue weighted by molar-refractivity contribution is 5.87. The summed E-state index contributed by atoms with van der Waals surface area (Å²) in [6, 6.07) is 7.75. The minimum Gasteiger partial charge on any atom is -0.497 e. The largest absolute Gasteiger partial charge is 0.497 e. The third-order valence-corrected chi connectivity index (χ3v) is 4.74. The second-order valence-electron chi connectivity index (χ2n) is 6.46. The summed E-state index contributed by atoms with van der Waals surface area (Å²) in [6.45, 7) is 1.22. The molecular weight excluding hydrogens is 308 g/mol. The molecule has 6 nitrogen and oxygen atoms in total. The molecule has 0 bridgehead atoms. The fraction of sp³-hybridized carbons (Fsp3) is 0.556. The molecule has 1 aromatic carbocycles. The number of nitrogens with one attached hydrogen (secondary N) is 2. The summed E-state index contributed by atoms with van der Waals surface area (Å²) in [5, 5.41) is 5.85. The molecule has 0 unspecified atom stereocenters. The van der Waals surface area contributed by atoms with E-state index < -0.39 is 5.54 Å². The fourth-order valence-corrected chi connectivity index (χ4v) is 3.08. The van der Waals surface area contributed by atoms with Crippen LogP contribution in [0.2, 0.25) is 0 Å². The smallest absolute Gasteiger partial charge is 0.240 e. The van der Waals surface area contributed by atoms with Crippen molar-refractivity contribution in [3.63, 3.8) is 0 Å². The standard InChI is InChI=1S/C18H24N2O4/c1-23-15-6-4-14(5-7-15)18(8-10-24-11-9-18)20-16(21)12-19-17(22)13-2-3-13/h4-7,13H,2-3,8-12H2,1H3,(H,19,22)(H,20,21). The van der Waals surface area contributed by atoms with Crippen LogP contribution in [0.1, 0.15) is 31.2 Å². The van der Waals surface area contributed by atoms with Crippen LogP contribution >= 0.6 is 0 Å². The Morgan fingerprint density at radius 2 is 1.88 bits per heavy atom. The average molecular weight is 332 g/mol. The van der Waals surface area contributed by atoms with Crippen molar-refractivity contribution in [3.8, 4) is 5.75 Å². The van der Waals surface area contributed by atoms with Crippen molar-refractivity contribution in [2.75, 3.05) is 26.9 Å². The summed E-state index contributed by atoms with van der Waals surface area (Å²) in [5.74, 6) is 0.706. The molecule has 0 spiro atoms. The first kappa shape index (κ1) is 16.8. The molecule has 1 saturated carbocycles. The third-order valence-electron chi connectivity index (χ3n) is 4.74. The van der Waals surface area contributed by atoms with E-state index in [2.05, 4.69) is 10.6 Å². The van der Waals surface area contributed by atoms with Crippen LogP contribution in [0.4, 0.5) is 0 Å². The number of methoxy groups -OCH3 is 1. The number of hydrogen-bond acceptors (Lipinski definition) is 4. The van der Waals surface area contributed by atoms with Crippen molar-refractivity contribution in [1.29, 1.82) is 0 Å². The van der Waals surface area contributed by atoms with Crippen LogP contribution in [0.3, 0.4) is 0 Å². The minimum atomic E-state index is -0.452. The zero-order valence-electron chi connectivity index (χ0n) is 14.0. The van der Waals surface area contributed by atoms with Crippen molar-refractivity contribution in [1.82, 2.24) is 10.6 Å². The molecule has 1 aliphatic heterocycles. The van der Waals surface area contributed by atoms with Gasteiger partial charge in [-0.15, -0.1) is 0 Å². The summed E-state index contributed by atoms with van der Waals surface area (Å²) < 4.78 is 10.7. The van der Waals surface area contributed by atoms with Gasteiger partial charge < -0.3 is 20.1 Å². The highest BCUT2D eigenvalue weighted by atomic mass is 16.5. The molecule has 1 heterocycles. The quantitative estimate of drug-likeness (QED) is 0.824. The van der Waals surface area contributed by atoms with Crippen LogP contribution in [0, 0.1) is 5.92 Å². The van der Waals surface area contributed by atoms with Crippen molar-refractivity contribution in [3.05, 3.63) is 29.8 Å². The highest BCUT2D eigenvalue weighted by Crippen LogP contribution is 2.33. The first-order valence-corrected chi connectivity index (χ1v) is 8.44. The Kier molecular flexibility index (Phi) is 5.04. The van der Waals surface area contributed by atoms with E-state index in [9.17, 15) is 9.59 Å². The van der Waals surface area contributed by atoms with Crippen LogP contribution < -0.4 is 15.4 Å². The molecule has 2 amide bonds. The van der Waals surface area contributed by atoms with Crippen molar-refractivity contribution >= 4 is 11.8 Å². The molecule has 3 rings (SSSR count). The summed E-state index contributed by atoms with van der Waals surface area (Å²) in [6.07, 6.45) is 3.28. The molecule has 1 aliphatic carbocycles. The molecule has 0 atom stereocenters. The lowest BCUT2D eigenvalue weighted by atomic mass is 9.82. The van der Waals surface area contributed by atoms with Gasteiger partial charge in [0.2, 0.25) is 11.8 Å². The van der Waals surface area contributed by atoms with Crippen molar-refractivity contribution in [2.24, 2.45) is 5.92 Å². The summed E-state index contributed by atoms with van der Waals surface area (Å²) in [5.41, 5.74) is 0.583. The number of hydrogen-bond donors (Lipinski definition) is 2. The van der Waals surface area contributed by atoms with E-state index in [1.165, 1.54) is 0 Å². The van der Waals surface area contributed by atoms with Gasteiger partial charge in [0.1, 0.15) is 5.75 Å². The lowest BCUT2D eigenvalue weighted by Crippen LogP contribution is -2.52. The van der Waals surface area contributed by atoms with E-state index in [0.29, 0.717) is 26.1 Å². The van der Waals surface area contributed by atoms with Gasteiger partial charge in [-0.2, -0.15) is 0 Å². The van der Waals surface area contributed by atoms with E-state index in [1.807, 2.05) is 24.3 Å². The van der Waals surface area contributed by atoms with Gasteiger partial charge in [-0.05, 0) is 43.4 Å². The molecule has 130 valence electrons. The van der Waals surface area contributed by atoms with E-state index in [4.69, 9.17) is 9.47 Å². The fourth-order valence-electron chi connectivity index (χ4n) is 3.08. The first-order chi connectivity index (χ1) is 11.6. The van der Waals surface area contributed by atoms with E-state index in [-0.39, 0.29) is 24.3 Å². The molecule has 24 heavy (non-hydrogen) atoms. The maximum Gasteiger partial charge on any atom is 0.240 e. The lowest BCUT2D eigenvalue weighted by molar-refractivity contribution is -0.128.